The van der Waals surface area contributed by atoms with Crippen molar-refractivity contribution in [3.63, 3.8) is 0 Å². The lowest BCUT2D eigenvalue weighted by molar-refractivity contribution is 0.0316. The molecule has 0 aromatic heterocycles. The summed E-state index contributed by atoms with van der Waals surface area (Å²) in [5.41, 5.74) is 0.984. The van der Waals surface area contributed by atoms with Crippen LogP contribution in [0.1, 0.15) is 31.7 Å². The van der Waals surface area contributed by atoms with Crippen molar-refractivity contribution in [3.8, 4) is 0 Å². The van der Waals surface area contributed by atoms with Gasteiger partial charge < -0.3 is 5.11 Å². The van der Waals surface area contributed by atoms with E-state index in [9.17, 15) is 9.50 Å². The molecule has 1 N–H and O–H groups in total. The zero-order chi connectivity index (χ0) is 12.3. The molecular weight excluding hydrogens is 217 g/mol. The highest BCUT2D eigenvalue weighted by molar-refractivity contribution is 5.16. The van der Waals surface area contributed by atoms with E-state index >= 15 is 0 Å². The SMILES string of the molecule is C[C@H](O)[C@@H]1CCCCN1Cc1cccc(F)c1. The summed E-state index contributed by atoms with van der Waals surface area (Å²) in [6.45, 7) is 3.56. The minimum atomic E-state index is -0.316. The highest BCUT2D eigenvalue weighted by Gasteiger charge is 2.25. The molecule has 0 spiro atoms. The topological polar surface area (TPSA) is 23.5 Å². The Morgan fingerprint density at radius 2 is 2.29 bits per heavy atom. The van der Waals surface area contributed by atoms with Gasteiger partial charge in [0.25, 0.3) is 0 Å². The van der Waals surface area contributed by atoms with E-state index in [1.54, 1.807) is 12.1 Å². The van der Waals surface area contributed by atoms with Gasteiger partial charge in [0.15, 0.2) is 0 Å². The van der Waals surface area contributed by atoms with Crippen molar-refractivity contribution in [2.75, 3.05) is 6.54 Å². The number of likely N-dealkylation sites (tertiary alicyclic amines) is 1. The van der Waals surface area contributed by atoms with Gasteiger partial charge in [-0.05, 0) is 44.0 Å². The van der Waals surface area contributed by atoms with Crippen LogP contribution in [-0.4, -0.2) is 28.7 Å². The van der Waals surface area contributed by atoms with E-state index in [1.807, 2.05) is 13.0 Å². The van der Waals surface area contributed by atoms with Crippen LogP contribution in [0, 0.1) is 5.82 Å². The number of benzene rings is 1. The zero-order valence-corrected chi connectivity index (χ0v) is 10.3. The predicted octanol–water partition coefficient (Wildman–Crippen LogP) is 2.56. The van der Waals surface area contributed by atoms with Crippen molar-refractivity contribution < 1.29 is 9.50 Å². The van der Waals surface area contributed by atoms with Crippen LogP contribution in [0.5, 0.6) is 0 Å². The lowest BCUT2D eigenvalue weighted by atomic mass is 9.97. The molecular formula is C14H20FNO. The van der Waals surface area contributed by atoms with Crippen LogP contribution in [-0.2, 0) is 6.54 Å². The standard InChI is InChI=1S/C14H20FNO/c1-11(17)14-7-2-3-8-16(14)10-12-5-4-6-13(15)9-12/h4-6,9,11,14,17H,2-3,7-8,10H2,1H3/t11-,14-/m0/s1. The third-order valence-electron chi connectivity index (χ3n) is 3.50. The van der Waals surface area contributed by atoms with Crippen molar-refractivity contribution in [1.82, 2.24) is 4.90 Å². The molecule has 0 radical (unpaired) electrons. The second-order valence-corrected chi connectivity index (χ2v) is 4.90. The number of halogens is 1. The molecule has 0 saturated carbocycles. The van der Waals surface area contributed by atoms with Crippen molar-refractivity contribution in [2.45, 2.75) is 44.9 Å². The van der Waals surface area contributed by atoms with Gasteiger partial charge in [-0.1, -0.05) is 18.6 Å². The van der Waals surface area contributed by atoms with Gasteiger partial charge >= 0.3 is 0 Å². The molecule has 0 unspecified atom stereocenters. The van der Waals surface area contributed by atoms with Gasteiger partial charge in [-0.3, -0.25) is 4.90 Å². The number of nitrogens with zero attached hydrogens (tertiary/aromatic N) is 1. The Balaban J connectivity index is 2.05. The second kappa shape index (κ2) is 5.61. The van der Waals surface area contributed by atoms with E-state index in [2.05, 4.69) is 4.90 Å². The third kappa shape index (κ3) is 3.27. The molecule has 1 aliphatic rings. The Hall–Kier alpha value is -0.930. The average molecular weight is 237 g/mol. The highest BCUT2D eigenvalue weighted by Crippen LogP contribution is 2.22. The fraction of sp³-hybridized carbons (Fsp3) is 0.571. The summed E-state index contributed by atoms with van der Waals surface area (Å²) in [6, 6.07) is 6.94. The second-order valence-electron chi connectivity index (χ2n) is 4.90. The van der Waals surface area contributed by atoms with E-state index in [0.29, 0.717) is 0 Å². The number of aliphatic hydroxyl groups excluding tert-OH is 1. The van der Waals surface area contributed by atoms with Crippen LogP contribution in [0.2, 0.25) is 0 Å². The maximum absolute atomic E-state index is 13.1. The summed E-state index contributed by atoms with van der Waals surface area (Å²) in [5, 5.41) is 9.76. The van der Waals surface area contributed by atoms with E-state index in [-0.39, 0.29) is 18.0 Å². The van der Waals surface area contributed by atoms with Crippen molar-refractivity contribution >= 4 is 0 Å². The van der Waals surface area contributed by atoms with Crippen LogP contribution in [0.25, 0.3) is 0 Å². The summed E-state index contributed by atoms with van der Waals surface area (Å²) in [5.74, 6) is -0.187. The first-order chi connectivity index (χ1) is 8.16. The van der Waals surface area contributed by atoms with Crippen molar-refractivity contribution in [1.29, 1.82) is 0 Å². The van der Waals surface area contributed by atoms with Gasteiger partial charge in [-0.15, -0.1) is 0 Å². The highest BCUT2D eigenvalue weighted by atomic mass is 19.1. The zero-order valence-electron chi connectivity index (χ0n) is 10.3. The van der Waals surface area contributed by atoms with Gasteiger partial charge in [0.2, 0.25) is 0 Å². The largest absolute Gasteiger partial charge is 0.392 e. The first kappa shape index (κ1) is 12.5. The van der Waals surface area contributed by atoms with Gasteiger partial charge in [-0.2, -0.15) is 0 Å². The number of piperidine rings is 1. The van der Waals surface area contributed by atoms with Crippen LogP contribution in [0.4, 0.5) is 4.39 Å². The molecule has 0 bridgehead atoms. The molecule has 2 rings (SSSR count). The Kier molecular flexibility index (Phi) is 4.13. The summed E-state index contributed by atoms with van der Waals surface area (Å²) in [7, 11) is 0. The molecule has 0 amide bonds. The van der Waals surface area contributed by atoms with Crippen molar-refractivity contribution in [2.24, 2.45) is 0 Å². The summed E-state index contributed by atoms with van der Waals surface area (Å²) in [6.07, 6.45) is 3.06. The fourth-order valence-electron chi connectivity index (χ4n) is 2.63. The molecule has 0 aliphatic carbocycles. The lowest BCUT2D eigenvalue weighted by Crippen LogP contribution is -2.45. The number of hydrogen-bond donors (Lipinski definition) is 1. The van der Waals surface area contributed by atoms with Crippen LogP contribution >= 0.6 is 0 Å². The first-order valence-corrected chi connectivity index (χ1v) is 6.33. The molecule has 3 heteroatoms. The molecule has 1 aromatic rings. The quantitative estimate of drug-likeness (QED) is 0.873. The van der Waals surface area contributed by atoms with Crippen LogP contribution < -0.4 is 0 Å². The Bertz CT molecular complexity index is 367. The summed E-state index contributed by atoms with van der Waals surface area (Å²) in [4.78, 5) is 2.27. The maximum atomic E-state index is 13.1. The molecule has 1 saturated heterocycles. The average Bonchev–Trinajstić information content (AvgIpc) is 2.29. The Morgan fingerprint density at radius 1 is 1.47 bits per heavy atom. The number of hydrogen-bond acceptors (Lipinski definition) is 2. The van der Waals surface area contributed by atoms with Gasteiger partial charge in [0.05, 0.1) is 6.10 Å². The monoisotopic (exact) mass is 237 g/mol. The number of aliphatic hydroxyl groups is 1. The van der Waals surface area contributed by atoms with Crippen LogP contribution in [0.3, 0.4) is 0 Å². The lowest BCUT2D eigenvalue weighted by Gasteiger charge is -2.37. The molecule has 1 heterocycles. The van der Waals surface area contributed by atoms with E-state index in [4.69, 9.17) is 0 Å². The normalized spacial score (nSPS) is 23.6. The summed E-state index contributed by atoms with van der Waals surface area (Å²) < 4.78 is 13.1. The molecule has 2 nitrogen and oxygen atoms in total. The molecule has 1 fully saturated rings. The molecule has 94 valence electrons. The first-order valence-electron chi connectivity index (χ1n) is 6.33. The maximum Gasteiger partial charge on any atom is 0.123 e. The van der Waals surface area contributed by atoms with E-state index in [1.165, 1.54) is 18.9 Å². The van der Waals surface area contributed by atoms with Gasteiger partial charge in [0, 0.05) is 12.6 Å². The van der Waals surface area contributed by atoms with Gasteiger partial charge in [0.1, 0.15) is 5.82 Å². The minimum Gasteiger partial charge on any atom is -0.392 e. The third-order valence-corrected chi connectivity index (χ3v) is 3.50. The van der Waals surface area contributed by atoms with E-state index in [0.717, 1.165) is 25.1 Å². The van der Waals surface area contributed by atoms with Crippen LogP contribution in [0.15, 0.2) is 24.3 Å². The number of rotatable bonds is 3. The molecule has 1 aliphatic heterocycles. The van der Waals surface area contributed by atoms with Crippen molar-refractivity contribution in [3.05, 3.63) is 35.6 Å². The predicted molar refractivity (Wildman–Crippen MR) is 66.1 cm³/mol. The minimum absolute atomic E-state index is 0.187. The molecule has 1 aromatic carbocycles. The molecule has 17 heavy (non-hydrogen) atoms. The molecule has 2 atom stereocenters. The fourth-order valence-corrected chi connectivity index (χ4v) is 2.63. The Morgan fingerprint density at radius 3 is 3.00 bits per heavy atom. The van der Waals surface area contributed by atoms with Gasteiger partial charge in [-0.25, -0.2) is 4.39 Å². The summed E-state index contributed by atoms with van der Waals surface area (Å²) >= 11 is 0. The smallest absolute Gasteiger partial charge is 0.123 e. The Labute approximate surface area is 102 Å². The van der Waals surface area contributed by atoms with E-state index < -0.39 is 0 Å².